The number of amides is 1. The highest BCUT2D eigenvalue weighted by molar-refractivity contribution is 5.78. The Bertz CT molecular complexity index is 407. The normalized spacial score (nSPS) is 14.5. The van der Waals surface area contributed by atoms with Crippen LogP contribution in [0.25, 0.3) is 0 Å². The van der Waals surface area contributed by atoms with E-state index in [4.69, 9.17) is 4.74 Å². The van der Waals surface area contributed by atoms with Crippen LogP contribution in [-0.4, -0.2) is 35.0 Å². The summed E-state index contributed by atoms with van der Waals surface area (Å²) in [5, 5.41) is 0. The summed E-state index contributed by atoms with van der Waals surface area (Å²) in [5.74, 6) is -0.763. The molecule has 0 saturated heterocycles. The van der Waals surface area contributed by atoms with Gasteiger partial charge in [0.25, 0.3) is 11.9 Å². The Morgan fingerprint density at radius 2 is 2.41 bits per heavy atom. The van der Waals surface area contributed by atoms with E-state index in [1.165, 1.54) is 12.3 Å². The molecule has 1 saturated carbocycles. The first-order valence-corrected chi connectivity index (χ1v) is 5.75. The molecule has 0 unspecified atom stereocenters. The second-order valence-corrected chi connectivity index (χ2v) is 3.99. The molecule has 0 radical (unpaired) electrons. The molecule has 5 heteroatoms. The van der Waals surface area contributed by atoms with Gasteiger partial charge in [-0.05, 0) is 31.9 Å². The van der Waals surface area contributed by atoms with Crippen LogP contribution in [0.15, 0.2) is 18.3 Å². The Kier molecular flexibility index (Phi) is 3.56. The molecule has 2 rings (SSSR count). The van der Waals surface area contributed by atoms with Crippen LogP contribution in [0.4, 0.5) is 4.39 Å². The number of aromatic nitrogens is 1. The molecule has 1 aliphatic rings. The van der Waals surface area contributed by atoms with E-state index < -0.39 is 5.95 Å². The van der Waals surface area contributed by atoms with E-state index >= 15 is 0 Å². The number of halogens is 1. The minimum atomic E-state index is -0.685. The van der Waals surface area contributed by atoms with E-state index in [1.807, 2.05) is 6.92 Å². The van der Waals surface area contributed by atoms with Crippen LogP contribution in [0.2, 0.25) is 0 Å². The third-order valence-electron chi connectivity index (χ3n) is 2.72. The van der Waals surface area contributed by atoms with Crippen LogP contribution in [0.3, 0.4) is 0 Å². The molecule has 1 fully saturated rings. The molecular weight excluding hydrogens is 223 g/mol. The van der Waals surface area contributed by atoms with Gasteiger partial charge in [-0.2, -0.15) is 4.39 Å². The summed E-state index contributed by atoms with van der Waals surface area (Å²) in [6.07, 6.45) is 3.45. The van der Waals surface area contributed by atoms with Crippen molar-refractivity contribution in [2.45, 2.75) is 25.8 Å². The maximum atomic E-state index is 13.1. The largest absolute Gasteiger partial charge is 0.479 e. The number of likely N-dealkylation sites (N-methyl/N-ethyl adjacent to an activating group) is 1. The summed E-state index contributed by atoms with van der Waals surface area (Å²) in [5.41, 5.74) is 0. The van der Waals surface area contributed by atoms with Crippen molar-refractivity contribution in [1.82, 2.24) is 9.88 Å². The third-order valence-corrected chi connectivity index (χ3v) is 2.72. The summed E-state index contributed by atoms with van der Waals surface area (Å²) in [6.45, 7) is 2.47. The monoisotopic (exact) mass is 238 g/mol. The minimum absolute atomic E-state index is 0.0210. The fourth-order valence-electron chi connectivity index (χ4n) is 1.73. The van der Waals surface area contributed by atoms with Gasteiger partial charge in [0.2, 0.25) is 0 Å². The van der Waals surface area contributed by atoms with Crippen LogP contribution in [0.5, 0.6) is 5.75 Å². The fourth-order valence-corrected chi connectivity index (χ4v) is 1.73. The first-order chi connectivity index (χ1) is 8.22. The Labute approximate surface area is 99.4 Å². The number of nitrogens with zero attached hydrogens (tertiary/aromatic N) is 2. The lowest BCUT2D eigenvalue weighted by atomic mass is 10.4. The number of carbonyl (C=O) groups is 1. The van der Waals surface area contributed by atoms with E-state index in [0.29, 0.717) is 12.6 Å². The lowest BCUT2D eigenvalue weighted by Gasteiger charge is -2.20. The van der Waals surface area contributed by atoms with Crippen molar-refractivity contribution in [3.8, 4) is 5.75 Å². The predicted molar refractivity (Wildman–Crippen MR) is 60.1 cm³/mol. The quantitative estimate of drug-likeness (QED) is 0.732. The maximum Gasteiger partial charge on any atom is 0.260 e. The molecule has 0 spiro atoms. The van der Waals surface area contributed by atoms with Crippen molar-refractivity contribution < 1.29 is 13.9 Å². The van der Waals surface area contributed by atoms with Crippen molar-refractivity contribution in [2.75, 3.05) is 13.2 Å². The lowest BCUT2D eigenvalue weighted by Crippen LogP contribution is -2.36. The average Bonchev–Trinajstić information content (AvgIpc) is 3.13. The third kappa shape index (κ3) is 2.93. The standard InChI is InChI=1S/C12H15FN2O2/c1-2-15(9-5-6-9)11(16)8-17-10-4-3-7-14-12(10)13/h3-4,7,9H,2,5-6,8H2,1H3. The van der Waals surface area contributed by atoms with E-state index in [2.05, 4.69) is 4.98 Å². The smallest absolute Gasteiger partial charge is 0.260 e. The molecule has 0 aromatic carbocycles. The van der Waals surface area contributed by atoms with Gasteiger partial charge in [0.15, 0.2) is 12.4 Å². The number of rotatable bonds is 5. The average molecular weight is 238 g/mol. The highest BCUT2D eigenvalue weighted by Gasteiger charge is 2.31. The molecule has 0 bridgehead atoms. The zero-order chi connectivity index (χ0) is 12.3. The van der Waals surface area contributed by atoms with Crippen LogP contribution >= 0.6 is 0 Å². The van der Waals surface area contributed by atoms with E-state index in [1.54, 1.807) is 11.0 Å². The second-order valence-electron chi connectivity index (χ2n) is 3.99. The highest BCUT2D eigenvalue weighted by Crippen LogP contribution is 2.26. The van der Waals surface area contributed by atoms with E-state index in [-0.39, 0.29) is 18.3 Å². The Morgan fingerprint density at radius 3 is 3.00 bits per heavy atom. The van der Waals surface area contributed by atoms with Gasteiger partial charge in [-0.1, -0.05) is 0 Å². The molecule has 1 aromatic heterocycles. The summed E-state index contributed by atoms with van der Waals surface area (Å²) in [7, 11) is 0. The topological polar surface area (TPSA) is 42.4 Å². The van der Waals surface area contributed by atoms with E-state index in [0.717, 1.165) is 12.8 Å². The van der Waals surface area contributed by atoms with Crippen molar-refractivity contribution in [1.29, 1.82) is 0 Å². The molecule has 1 amide bonds. The van der Waals surface area contributed by atoms with Crippen LogP contribution < -0.4 is 4.74 Å². The number of ether oxygens (including phenoxy) is 1. The summed E-state index contributed by atoms with van der Waals surface area (Å²) >= 11 is 0. The Balaban J connectivity index is 1.89. The molecule has 0 N–H and O–H groups in total. The number of hydrogen-bond donors (Lipinski definition) is 0. The first kappa shape index (κ1) is 11.8. The summed E-state index contributed by atoms with van der Waals surface area (Å²) in [4.78, 5) is 17.0. The van der Waals surface area contributed by atoms with Crippen molar-refractivity contribution in [3.63, 3.8) is 0 Å². The number of carbonyl (C=O) groups excluding carboxylic acids is 1. The molecule has 0 atom stereocenters. The fraction of sp³-hybridized carbons (Fsp3) is 0.500. The first-order valence-electron chi connectivity index (χ1n) is 5.75. The Hall–Kier alpha value is -1.65. The predicted octanol–water partition coefficient (Wildman–Crippen LogP) is 1.61. The molecule has 4 nitrogen and oxygen atoms in total. The van der Waals surface area contributed by atoms with Crippen molar-refractivity contribution in [2.24, 2.45) is 0 Å². The highest BCUT2D eigenvalue weighted by atomic mass is 19.1. The molecule has 0 aliphatic heterocycles. The van der Waals surface area contributed by atoms with Crippen LogP contribution in [-0.2, 0) is 4.79 Å². The summed E-state index contributed by atoms with van der Waals surface area (Å²) in [6, 6.07) is 3.39. The zero-order valence-electron chi connectivity index (χ0n) is 9.73. The molecule has 1 heterocycles. The van der Waals surface area contributed by atoms with Gasteiger partial charge in [-0.25, -0.2) is 4.98 Å². The van der Waals surface area contributed by atoms with Gasteiger partial charge in [-0.3, -0.25) is 4.79 Å². The molecule has 92 valence electrons. The van der Waals surface area contributed by atoms with Gasteiger partial charge in [0.05, 0.1) is 0 Å². The molecule has 1 aromatic rings. The maximum absolute atomic E-state index is 13.1. The second kappa shape index (κ2) is 5.12. The zero-order valence-corrected chi connectivity index (χ0v) is 9.73. The van der Waals surface area contributed by atoms with Crippen molar-refractivity contribution >= 4 is 5.91 Å². The van der Waals surface area contributed by atoms with Gasteiger partial charge < -0.3 is 9.64 Å². The van der Waals surface area contributed by atoms with Gasteiger partial charge in [0.1, 0.15) is 0 Å². The SMILES string of the molecule is CCN(C(=O)COc1cccnc1F)C1CC1. The summed E-state index contributed by atoms with van der Waals surface area (Å²) < 4.78 is 18.3. The lowest BCUT2D eigenvalue weighted by molar-refractivity contribution is -0.133. The number of hydrogen-bond acceptors (Lipinski definition) is 3. The van der Waals surface area contributed by atoms with Gasteiger partial charge in [0, 0.05) is 18.8 Å². The molecule has 1 aliphatic carbocycles. The van der Waals surface area contributed by atoms with E-state index in [9.17, 15) is 9.18 Å². The van der Waals surface area contributed by atoms with Crippen LogP contribution in [0, 0.1) is 5.95 Å². The molecule has 17 heavy (non-hydrogen) atoms. The molecular formula is C12H15FN2O2. The van der Waals surface area contributed by atoms with Gasteiger partial charge >= 0.3 is 0 Å². The van der Waals surface area contributed by atoms with Gasteiger partial charge in [-0.15, -0.1) is 0 Å². The minimum Gasteiger partial charge on any atom is -0.479 e. The van der Waals surface area contributed by atoms with Crippen LogP contribution in [0.1, 0.15) is 19.8 Å². The Morgan fingerprint density at radius 1 is 1.65 bits per heavy atom. The number of pyridine rings is 1. The van der Waals surface area contributed by atoms with Crippen molar-refractivity contribution in [3.05, 3.63) is 24.3 Å².